The van der Waals surface area contributed by atoms with Gasteiger partial charge >= 0.3 is 0 Å². The van der Waals surface area contributed by atoms with Crippen molar-refractivity contribution in [1.82, 2.24) is 9.55 Å². The smallest absolute Gasteiger partial charge is 0.0951 e. The van der Waals surface area contributed by atoms with E-state index in [-0.39, 0.29) is 6.04 Å². The number of halogens is 2. The molecule has 1 aromatic carbocycles. The molecule has 0 N–H and O–H groups in total. The van der Waals surface area contributed by atoms with Gasteiger partial charge in [0.15, 0.2) is 0 Å². The number of nitrogens with zero attached hydrogens (tertiary/aromatic N) is 2. The number of benzene rings is 1. The van der Waals surface area contributed by atoms with E-state index in [0.29, 0.717) is 10.0 Å². The topological polar surface area (TPSA) is 17.8 Å². The predicted octanol–water partition coefficient (Wildman–Crippen LogP) is 3.80. The van der Waals surface area contributed by atoms with Crippen molar-refractivity contribution in [2.24, 2.45) is 0 Å². The molecule has 1 unspecified atom stereocenters. The van der Waals surface area contributed by atoms with Gasteiger partial charge in [0.1, 0.15) is 0 Å². The Bertz CT molecular complexity index is 452. The molecule has 0 fully saturated rings. The molecule has 0 radical (unpaired) electrons. The van der Waals surface area contributed by atoms with Gasteiger partial charge in [-0.1, -0.05) is 29.3 Å². The molecule has 1 aromatic heterocycles. The molecule has 0 spiro atoms. The molecule has 1 heterocycles. The second-order valence-corrected chi connectivity index (χ2v) is 4.20. The van der Waals surface area contributed by atoms with E-state index in [1.807, 2.05) is 22.9 Å². The van der Waals surface area contributed by atoms with Gasteiger partial charge in [-0.15, -0.1) is 0 Å². The second-order valence-electron chi connectivity index (χ2n) is 3.35. The third-order valence-corrected chi connectivity index (χ3v) is 2.95. The lowest BCUT2D eigenvalue weighted by molar-refractivity contribution is 0.639. The van der Waals surface area contributed by atoms with Crippen LogP contribution in [0.15, 0.2) is 36.9 Å². The predicted molar refractivity (Wildman–Crippen MR) is 62.5 cm³/mol. The summed E-state index contributed by atoms with van der Waals surface area (Å²) >= 11 is 12.0. The van der Waals surface area contributed by atoms with Crippen molar-refractivity contribution in [2.45, 2.75) is 13.0 Å². The maximum absolute atomic E-state index is 6.12. The van der Waals surface area contributed by atoms with Crippen LogP contribution in [0.25, 0.3) is 0 Å². The molecular weight excluding hydrogens is 231 g/mol. The van der Waals surface area contributed by atoms with Crippen LogP contribution in [0.5, 0.6) is 0 Å². The van der Waals surface area contributed by atoms with Gasteiger partial charge in [0.25, 0.3) is 0 Å². The molecule has 78 valence electrons. The van der Waals surface area contributed by atoms with Crippen LogP contribution in [0, 0.1) is 0 Å². The van der Waals surface area contributed by atoms with Gasteiger partial charge < -0.3 is 4.57 Å². The highest BCUT2D eigenvalue weighted by Gasteiger charge is 2.10. The molecule has 2 nitrogen and oxygen atoms in total. The fourth-order valence-corrected chi connectivity index (χ4v) is 2.07. The van der Waals surface area contributed by atoms with Crippen LogP contribution in [-0.4, -0.2) is 9.55 Å². The highest BCUT2D eigenvalue weighted by Crippen LogP contribution is 2.28. The van der Waals surface area contributed by atoms with Crippen molar-refractivity contribution in [3.8, 4) is 0 Å². The Kier molecular flexibility index (Phi) is 2.98. The van der Waals surface area contributed by atoms with E-state index in [9.17, 15) is 0 Å². The molecule has 4 heteroatoms. The minimum Gasteiger partial charge on any atom is -0.330 e. The normalized spacial score (nSPS) is 12.7. The third-order valence-electron chi connectivity index (χ3n) is 2.38. The lowest BCUT2D eigenvalue weighted by atomic mass is 10.1. The monoisotopic (exact) mass is 240 g/mol. The van der Waals surface area contributed by atoms with E-state index < -0.39 is 0 Å². The number of aromatic nitrogens is 2. The zero-order valence-corrected chi connectivity index (χ0v) is 9.70. The minimum absolute atomic E-state index is 0.164. The quantitative estimate of drug-likeness (QED) is 0.781. The molecule has 0 aliphatic carbocycles. The van der Waals surface area contributed by atoms with Crippen LogP contribution < -0.4 is 0 Å². The van der Waals surface area contributed by atoms with Crippen LogP contribution in [0.2, 0.25) is 10.0 Å². The molecule has 0 saturated carbocycles. The Balaban J connectivity index is 2.38. The van der Waals surface area contributed by atoms with Gasteiger partial charge in [0.2, 0.25) is 0 Å². The fourth-order valence-electron chi connectivity index (χ4n) is 1.50. The average molecular weight is 241 g/mol. The summed E-state index contributed by atoms with van der Waals surface area (Å²) in [5, 5.41) is 1.34. The number of hydrogen-bond donors (Lipinski definition) is 0. The zero-order valence-electron chi connectivity index (χ0n) is 8.19. The summed E-state index contributed by atoms with van der Waals surface area (Å²) in [6.45, 7) is 2.07. The van der Waals surface area contributed by atoms with E-state index in [0.717, 1.165) is 5.56 Å². The van der Waals surface area contributed by atoms with Gasteiger partial charge in [-0.05, 0) is 24.6 Å². The summed E-state index contributed by atoms with van der Waals surface area (Å²) in [7, 11) is 0. The van der Waals surface area contributed by atoms with Gasteiger partial charge in [-0.3, -0.25) is 0 Å². The molecule has 2 rings (SSSR count). The van der Waals surface area contributed by atoms with Crippen LogP contribution >= 0.6 is 23.2 Å². The van der Waals surface area contributed by atoms with Crippen LogP contribution in [0.4, 0.5) is 0 Å². The van der Waals surface area contributed by atoms with Crippen LogP contribution in [-0.2, 0) is 0 Å². The summed E-state index contributed by atoms with van der Waals surface area (Å²) in [4.78, 5) is 4.01. The van der Waals surface area contributed by atoms with E-state index in [1.54, 1.807) is 18.6 Å². The van der Waals surface area contributed by atoms with Crippen molar-refractivity contribution in [3.63, 3.8) is 0 Å². The lowest BCUT2D eigenvalue weighted by Crippen LogP contribution is -2.04. The van der Waals surface area contributed by atoms with Gasteiger partial charge in [0.05, 0.1) is 12.4 Å². The Labute approximate surface area is 98.5 Å². The third kappa shape index (κ3) is 2.16. The van der Waals surface area contributed by atoms with E-state index in [2.05, 4.69) is 11.9 Å². The summed E-state index contributed by atoms with van der Waals surface area (Å²) < 4.78 is 2.00. The van der Waals surface area contributed by atoms with E-state index >= 15 is 0 Å². The first-order valence-corrected chi connectivity index (χ1v) is 5.36. The molecule has 0 aliphatic heterocycles. The van der Waals surface area contributed by atoms with E-state index in [1.165, 1.54) is 0 Å². The maximum Gasteiger partial charge on any atom is 0.0951 e. The van der Waals surface area contributed by atoms with Crippen molar-refractivity contribution in [2.75, 3.05) is 0 Å². The Morgan fingerprint density at radius 2 is 2.13 bits per heavy atom. The average Bonchev–Trinajstić information content (AvgIpc) is 2.69. The number of hydrogen-bond acceptors (Lipinski definition) is 1. The van der Waals surface area contributed by atoms with Crippen LogP contribution in [0.3, 0.4) is 0 Å². The summed E-state index contributed by atoms with van der Waals surface area (Å²) in [6, 6.07) is 5.70. The highest BCUT2D eigenvalue weighted by molar-refractivity contribution is 6.35. The van der Waals surface area contributed by atoms with E-state index in [4.69, 9.17) is 23.2 Å². The van der Waals surface area contributed by atoms with Crippen molar-refractivity contribution in [1.29, 1.82) is 0 Å². The van der Waals surface area contributed by atoms with Gasteiger partial charge in [-0.2, -0.15) is 0 Å². The first kappa shape index (κ1) is 10.5. The Hall–Kier alpha value is -0.990. The molecule has 0 amide bonds. The lowest BCUT2D eigenvalue weighted by Gasteiger charge is -2.15. The zero-order chi connectivity index (χ0) is 10.8. The SMILES string of the molecule is CC(c1ccc(Cl)cc1Cl)n1ccnc1. The van der Waals surface area contributed by atoms with Gasteiger partial charge in [0, 0.05) is 22.4 Å². The molecule has 1 atom stereocenters. The van der Waals surface area contributed by atoms with Crippen molar-refractivity contribution < 1.29 is 0 Å². The molecule has 0 bridgehead atoms. The first-order chi connectivity index (χ1) is 7.18. The maximum atomic E-state index is 6.12. The van der Waals surface area contributed by atoms with Gasteiger partial charge in [-0.25, -0.2) is 4.98 Å². The minimum atomic E-state index is 0.164. The first-order valence-electron chi connectivity index (χ1n) is 4.61. The molecule has 2 aromatic rings. The van der Waals surface area contributed by atoms with Crippen LogP contribution in [0.1, 0.15) is 18.5 Å². The number of imidazole rings is 1. The summed E-state index contributed by atoms with van der Waals surface area (Å²) in [5.41, 5.74) is 1.04. The van der Waals surface area contributed by atoms with Crippen molar-refractivity contribution >= 4 is 23.2 Å². The highest BCUT2D eigenvalue weighted by atomic mass is 35.5. The number of rotatable bonds is 2. The summed E-state index contributed by atoms with van der Waals surface area (Å²) in [5.74, 6) is 0. The fraction of sp³-hybridized carbons (Fsp3) is 0.182. The Morgan fingerprint density at radius 1 is 1.33 bits per heavy atom. The second kappa shape index (κ2) is 4.25. The summed E-state index contributed by atoms with van der Waals surface area (Å²) in [6.07, 6.45) is 5.44. The largest absolute Gasteiger partial charge is 0.330 e. The Morgan fingerprint density at radius 3 is 2.73 bits per heavy atom. The molecule has 0 aliphatic rings. The molecule has 15 heavy (non-hydrogen) atoms. The standard InChI is InChI=1S/C11H10Cl2N2/c1-8(15-5-4-14-7-15)10-3-2-9(12)6-11(10)13/h2-8H,1H3. The molecule has 0 saturated heterocycles. The molecular formula is C11H10Cl2N2. The van der Waals surface area contributed by atoms with Crippen molar-refractivity contribution in [3.05, 3.63) is 52.5 Å².